The van der Waals surface area contributed by atoms with E-state index >= 15 is 0 Å². The predicted molar refractivity (Wildman–Crippen MR) is 75.5 cm³/mol. The van der Waals surface area contributed by atoms with Crippen molar-refractivity contribution < 1.29 is 0 Å². The molecule has 0 amide bonds. The van der Waals surface area contributed by atoms with Crippen molar-refractivity contribution in [2.45, 2.75) is 51.6 Å². The van der Waals surface area contributed by atoms with E-state index in [9.17, 15) is 0 Å². The first-order valence-electron chi connectivity index (χ1n) is 7.27. The van der Waals surface area contributed by atoms with Gasteiger partial charge in [0.15, 0.2) is 0 Å². The fourth-order valence-corrected chi connectivity index (χ4v) is 2.78. The van der Waals surface area contributed by atoms with Crippen LogP contribution in [0.25, 0.3) is 0 Å². The molecule has 17 heavy (non-hydrogen) atoms. The number of nitrogens with zero attached hydrogens (tertiary/aromatic N) is 2. The molecule has 1 aliphatic rings. The van der Waals surface area contributed by atoms with Crippen LogP contribution in [0.2, 0.25) is 0 Å². The second kappa shape index (κ2) is 8.06. The fraction of sp³-hybridized carbons (Fsp3) is 1.00. The van der Waals surface area contributed by atoms with E-state index in [0.717, 1.165) is 6.04 Å². The summed E-state index contributed by atoms with van der Waals surface area (Å²) in [6, 6.07) is 1.47. The minimum Gasteiger partial charge on any atom is -0.317 e. The van der Waals surface area contributed by atoms with Gasteiger partial charge in [-0.3, -0.25) is 4.90 Å². The summed E-state index contributed by atoms with van der Waals surface area (Å²) in [5.74, 6) is 0. The van der Waals surface area contributed by atoms with Gasteiger partial charge in [0.2, 0.25) is 0 Å². The quantitative estimate of drug-likeness (QED) is 0.699. The van der Waals surface area contributed by atoms with Crippen molar-refractivity contribution in [2.24, 2.45) is 0 Å². The monoisotopic (exact) mass is 241 g/mol. The Morgan fingerprint density at radius 3 is 2.88 bits per heavy atom. The average molecular weight is 241 g/mol. The first-order chi connectivity index (χ1) is 8.17. The molecule has 1 fully saturated rings. The van der Waals surface area contributed by atoms with Gasteiger partial charge in [0.05, 0.1) is 0 Å². The average Bonchev–Trinajstić information content (AvgIpc) is 2.76. The zero-order valence-electron chi connectivity index (χ0n) is 12.2. The van der Waals surface area contributed by atoms with Crippen molar-refractivity contribution in [2.75, 3.05) is 40.3 Å². The van der Waals surface area contributed by atoms with E-state index in [2.05, 4.69) is 36.0 Å². The molecule has 0 aromatic carbocycles. The van der Waals surface area contributed by atoms with Crippen LogP contribution < -0.4 is 5.32 Å². The molecule has 1 N–H and O–H groups in total. The molecular formula is C14H31N3. The maximum absolute atomic E-state index is 3.30. The lowest BCUT2D eigenvalue weighted by molar-refractivity contribution is 0.196. The summed E-state index contributed by atoms with van der Waals surface area (Å²) in [5, 5.41) is 3.30. The molecular weight excluding hydrogens is 210 g/mol. The number of hydrogen-bond acceptors (Lipinski definition) is 3. The number of nitrogens with one attached hydrogen (secondary N) is 1. The third-order valence-electron chi connectivity index (χ3n) is 4.10. The van der Waals surface area contributed by atoms with E-state index in [-0.39, 0.29) is 0 Å². The van der Waals surface area contributed by atoms with E-state index in [0.29, 0.717) is 6.04 Å². The van der Waals surface area contributed by atoms with E-state index < -0.39 is 0 Å². The third-order valence-corrected chi connectivity index (χ3v) is 4.10. The molecule has 0 spiro atoms. The Labute approximate surface area is 108 Å². The van der Waals surface area contributed by atoms with Crippen LogP contribution in [-0.4, -0.2) is 62.2 Å². The lowest BCUT2D eigenvalue weighted by Crippen LogP contribution is -2.39. The Hall–Kier alpha value is -0.120. The summed E-state index contributed by atoms with van der Waals surface area (Å²) < 4.78 is 0. The summed E-state index contributed by atoms with van der Waals surface area (Å²) in [6.07, 6.45) is 5.37. The largest absolute Gasteiger partial charge is 0.317 e. The van der Waals surface area contributed by atoms with Gasteiger partial charge >= 0.3 is 0 Å². The lowest BCUT2D eigenvalue weighted by atomic mass is 10.1. The molecule has 3 nitrogen and oxygen atoms in total. The van der Waals surface area contributed by atoms with Crippen LogP contribution in [0.4, 0.5) is 0 Å². The van der Waals surface area contributed by atoms with Gasteiger partial charge in [-0.15, -0.1) is 0 Å². The molecule has 0 aromatic rings. The number of likely N-dealkylation sites (N-methyl/N-ethyl adjacent to an activating group) is 2. The van der Waals surface area contributed by atoms with Crippen molar-refractivity contribution in [3.8, 4) is 0 Å². The van der Waals surface area contributed by atoms with Crippen LogP contribution in [0.1, 0.15) is 39.5 Å². The van der Waals surface area contributed by atoms with Crippen LogP contribution in [0.3, 0.4) is 0 Å². The highest BCUT2D eigenvalue weighted by Gasteiger charge is 2.23. The summed E-state index contributed by atoms with van der Waals surface area (Å²) >= 11 is 0. The molecule has 0 bridgehead atoms. The zero-order chi connectivity index (χ0) is 12.7. The van der Waals surface area contributed by atoms with Gasteiger partial charge in [0, 0.05) is 18.6 Å². The Morgan fingerprint density at radius 1 is 1.47 bits per heavy atom. The number of rotatable bonds is 8. The van der Waals surface area contributed by atoms with Gasteiger partial charge in [-0.25, -0.2) is 0 Å². The second-order valence-electron chi connectivity index (χ2n) is 5.52. The molecule has 2 unspecified atom stereocenters. The molecule has 1 saturated heterocycles. The molecule has 3 heteroatoms. The van der Waals surface area contributed by atoms with Gasteiger partial charge in [-0.05, 0) is 66.3 Å². The maximum atomic E-state index is 3.30. The number of hydrogen-bond donors (Lipinski definition) is 1. The summed E-state index contributed by atoms with van der Waals surface area (Å²) in [5.41, 5.74) is 0. The molecule has 1 heterocycles. The Kier molecular flexibility index (Phi) is 7.09. The molecule has 0 aromatic heterocycles. The molecule has 1 aliphatic heterocycles. The highest BCUT2D eigenvalue weighted by atomic mass is 15.2. The van der Waals surface area contributed by atoms with E-state index in [1.165, 1.54) is 51.9 Å². The van der Waals surface area contributed by atoms with Crippen molar-refractivity contribution in [3.63, 3.8) is 0 Å². The van der Waals surface area contributed by atoms with Gasteiger partial charge in [-0.1, -0.05) is 6.92 Å². The standard InChI is InChI=1S/C14H31N3/c1-5-17-11-7-9-14(17)12-16(4)10-6-8-13(2)15-3/h13-15H,5-12H2,1-4H3. The second-order valence-corrected chi connectivity index (χ2v) is 5.52. The number of likely N-dealkylation sites (tertiary alicyclic amines) is 1. The first-order valence-corrected chi connectivity index (χ1v) is 7.27. The SMILES string of the molecule is CCN1CCCC1CN(C)CCCC(C)NC. The van der Waals surface area contributed by atoms with Gasteiger partial charge in [0.1, 0.15) is 0 Å². The van der Waals surface area contributed by atoms with Gasteiger partial charge < -0.3 is 10.2 Å². The zero-order valence-corrected chi connectivity index (χ0v) is 12.2. The molecule has 0 radical (unpaired) electrons. The Morgan fingerprint density at radius 2 is 2.24 bits per heavy atom. The summed E-state index contributed by atoms with van der Waals surface area (Å²) in [4.78, 5) is 5.15. The van der Waals surface area contributed by atoms with Crippen LogP contribution in [0.5, 0.6) is 0 Å². The minimum atomic E-state index is 0.655. The van der Waals surface area contributed by atoms with Crippen molar-refractivity contribution >= 4 is 0 Å². The minimum absolute atomic E-state index is 0.655. The first kappa shape index (κ1) is 14.9. The molecule has 0 aliphatic carbocycles. The normalized spacial score (nSPS) is 23.5. The topological polar surface area (TPSA) is 18.5 Å². The highest BCUT2D eigenvalue weighted by molar-refractivity contribution is 4.80. The van der Waals surface area contributed by atoms with Crippen molar-refractivity contribution in [1.29, 1.82) is 0 Å². The van der Waals surface area contributed by atoms with Crippen LogP contribution in [-0.2, 0) is 0 Å². The van der Waals surface area contributed by atoms with Gasteiger partial charge in [0.25, 0.3) is 0 Å². The predicted octanol–water partition coefficient (Wildman–Crippen LogP) is 1.79. The van der Waals surface area contributed by atoms with Crippen LogP contribution in [0, 0.1) is 0 Å². The van der Waals surface area contributed by atoms with Crippen molar-refractivity contribution in [1.82, 2.24) is 15.1 Å². The summed E-state index contributed by atoms with van der Waals surface area (Å²) in [7, 11) is 4.32. The maximum Gasteiger partial charge on any atom is 0.0223 e. The van der Waals surface area contributed by atoms with E-state index in [4.69, 9.17) is 0 Å². The molecule has 2 atom stereocenters. The lowest BCUT2D eigenvalue weighted by Gasteiger charge is -2.27. The highest BCUT2D eigenvalue weighted by Crippen LogP contribution is 2.17. The van der Waals surface area contributed by atoms with Gasteiger partial charge in [-0.2, -0.15) is 0 Å². The molecule has 1 rings (SSSR count). The summed E-state index contributed by atoms with van der Waals surface area (Å²) in [6.45, 7) is 9.56. The van der Waals surface area contributed by atoms with E-state index in [1.54, 1.807) is 0 Å². The van der Waals surface area contributed by atoms with Crippen LogP contribution in [0.15, 0.2) is 0 Å². The fourth-order valence-electron chi connectivity index (χ4n) is 2.78. The van der Waals surface area contributed by atoms with E-state index in [1.807, 2.05) is 7.05 Å². The smallest absolute Gasteiger partial charge is 0.0223 e. The van der Waals surface area contributed by atoms with Crippen molar-refractivity contribution in [3.05, 3.63) is 0 Å². The van der Waals surface area contributed by atoms with Crippen LogP contribution >= 0.6 is 0 Å². The Bertz CT molecular complexity index is 196. The Balaban J connectivity index is 2.13. The third kappa shape index (κ3) is 5.36. The molecule has 102 valence electrons. The molecule has 0 saturated carbocycles.